The fraction of sp³-hybridized carbons (Fsp3) is 0.0714. The van der Waals surface area contributed by atoms with Crippen molar-refractivity contribution in [2.24, 2.45) is 0 Å². The minimum absolute atomic E-state index is 0.00503. The quantitative estimate of drug-likeness (QED) is 0.762. The first-order chi connectivity index (χ1) is 10.1. The molecule has 1 heterocycles. The van der Waals surface area contributed by atoms with Crippen molar-refractivity contribution in [1.82, 2.24) is 15.0 Å². The molecular formula is C14H11N3O4. The molecule has 0 fully saturated rings. The normalized spacial score (nSPS) is 10.7. The molecule has 0 atom stereocenters. The first-order valence-corrected chi connectivity index (χ1v) is 6.06. The minimum Gasteiger partial charge on any atom is -0.506 e. The van der Waals surface area contributed by atoms with Crippen LogP contribution in [0.25, 0.3) is 16.7 Å². The summed E-state index contributed by atoms with van der Waals surface area (Å²) in [6, 6.07) is 9.13. The maximum absolute atomic E-state index is 10.9. The average molecular weight is 285 g/mol. The lowest BCUT2D eigenvalue weighted by atomic mass is 10.2. The molecule has 0 bridgehead atoms. The molecule has 0 unspecified atom stereocenters. The fourth-order valence-electron chi connectivity index (χ4n) is 1.95. The number of aromatic hydroxyl groups is 1. The summed E-state index contributed by atoms with van der Waals surface area (Å²) >= 11 is 0. The Hall–Kier alpha value is -3.09. The van der Waals surface area contributed by atoms with Gasteiger partial charge in [0.15, 0.2) is 0 Å². The summed E-state index contributed by atoms with van der Waals surface area (Å²) in [6.07, 6.45) is 0. The predicted octanol–water partition coefficient (Wildman–Crippen LogP) is 1.83. The van der Waals surface area contributed by atoms with Crippen molar-refractivity contribution < 1.29 is 19.7 Å². The van der Waals surface area contributed by atoms with Gasteiger partial charge in [-0.2, -0.15) is 0 Å². The van der Waals surface area contributed by atoms with Crippen LogP contribution in [0.15, 0.2) is 36.4 Å². The highest BCUT2D eigenvalue weighted by atomic mass is 16.5. The Bertz CT molecular complexity index is 841. The fourth-order valence-corrected chi connectivity index (χ4v) is 1.95. The van der Waals surface area contributed by atoms with Gasteiger partial charge in [0.2, 0.25) is 0 Å². The number of hydrogen-bond donors (Lipinski definition) is 2. The number of hydrogen-bond acceptors (Lipinski definition) is 5. The van der Waals surface area contributed by atoms with Crippen molar-refractivity contribution in [2.75, 3.05) is 7.11 Å². The number of ether oxygens (including phenoxy) is 1. The lowest BCUT2D eigenvalue weighted by Gasteiger charge is -2.05. The number of carbonyl (C=O) groups is 1. The summed E-state index contributed by atoms with van der Waals surface area (Å²) in [5, 5.41) is 27.3. The zero-order chi connectivity index (χ0) is 15.0. The Morgan fingerprint density at radius 2 is 1.90 bits per heavy atom. The van der Waals surface area contributed by atoms with Gasteiger partial charge in [0.1, 0.15) is 28.2 Å². The summed E-state index contributed by atoms with van der Waals surface area (Å²) < 4.78 is 5.10. The molecule has 3 aromatic rings. The van der Waals surface area contributed by atoms with E-state index in [-0.39, 0.29) is 11.3 Å². The molecule has 106 valence electrons. The largest absolute Gasteiger partial charge is 0.506 e. The second kappa shape index (κ2) is 4.78. The molecule has 0 saturated carbocycles. The Morgan fingerprint density at radius 3 is 2.62 bits per heavy atom. The van der Waals surface area contributed by atoms with Gasteiger partial charge in [-0.1, -0.05) is 0 Å². The summed E-state index contributed by atoms with van der Waals surface area (Å²) in [7, 11) is 1.52. The number of benzene rings is 2. The number of nitrogens with zero attached hydrogens (tertiary/aromatic N) is 3. The molecule has 0 radical (unpaired) electrons. The maximum atomic E-state index is 10.9. The van der Waals surface area contributed by atoms with Gasteiger partial charge in [-0.15, -0.1) is 15.0 Å². The van der Waals surface area contributed by atoms with Crippen LogP contribution in [0.2, 0.25) is 0 Å². The van der Waals surface area contributed by atoms with E-state index in [1.54, 1.807) is 18.2 Å². The number of aromatic carboxylic acids is 1. The van der Waals surface area contributed by atoms with E-state index in [2.05, 4.69) is 10.2 Å². The summed E-state index contributed by atoms with van der Waals surface area (Å²) in [4.78, 5) is 12.2. The van der Waals surface area contributed by atoms with E-state index in [0.29, 0.717) is 22.5 Å². The van der Waals surface area contributed by atoms with Crippen LogP contribution >= 0.6 is 0 Å². The molecule has 0 aliphatic carbocycles. The average Bonchev–Trinajstić information content (AvgIpc) is 2.90. The number of carboxylic acids is 1. The zero-order valence-corrected chi connectivity index (χ0v) is 11.0. The Kier molecular flexibility index (Phi) is 2.94. The van der Waals surface area contributed by atoms with Gasteiger partial charge in [-0.25, -0.2) is 4.79 Å². The van der Waals surface area contributed by atoms with Crippen LogP contribution in [-0.4, -0.2) is 38.3 Å². The molecule has 1 aromatic heterocycles. The summed E-state index contributed by atoms with van der Waals surface area (Å²) in [5.74, 6) is -0.486. The standard InChI is InChI=1S/C14H11N3O4/c1-21-9-3-5-13(18)12(7-9)17-15-10-4-2-8(14(19)20)6-11(10)16-17/h2-7,18H,1H3,(H,19,20). The third kappa shape index (κ3) is 2.25. The number of phenols is 1. The van der Waals surface area contributed by atoms with Crippen molar-refractivity contribution in [2.45, 2.75) is 0 Å². The summed E-state index contributed by atoms with van der Waals surface area (Å²) in [5.41, 5.74) is 1.44. The van der Waals surface area contributed by atoms with E-state index >= 15 is 0 Å². The van der Waals surface area contributed by atoms with Crippen molar-refractivity contribution in [3.8, 4) is 17.2 Å². The van der Waals surface area contributed by atoms with Crippen molar-refractivity contribution in [1.29, 1.82) is 0 Å². The molecule has 7 heteroatoms. The molecule has 0 aliphatic heterocycles. The van der Waals surface area contributed by atoms with Gasteiger partial charge in [-0.3, -0.25) is 0 Å². The molecule has 21 heavy (non-hydrogen) atoms. The Balaban J connectivity index is 2.15. The predicted molar refractivity (Wildman–Crippen MR) is 74.0 cm³/mol. The van der Waals surface area contributed by atoms with Crippen molar-refractivity contribution >= 4 is 17.0 Å². The highest BCUT2D eigenvalue weighted by Gasteiger charge is 2.12. The Morgan fingerprint density at radius 1 is 1.14 bits per heavy atom. The van der Waals surface area contributed by atoms with Crippen molar-refractivity contribution in [3.63, 3.8) is 0 Å². The van der Waals surface area contributed by atoms with E-state index in [1.165, 1.54) is 30.1 Å². The van der Waals surface area contributed by atoms with Gasteiger partial charge in [0.05, 0.1) is 12.7 Å². The smallest absolute Gasteiger partial charge is 0.335 e. The second-order valence-corrected chi connectivity index (χ2v) is 4.35. The second-order valence-electron chi connectivity index (χ2n) is 4.35. The van der Waals surface area contributed by atoms with Crippen LogP contribution in [0, 0.1) is 0 Å². The van der Waals surface area contributed by atoms with Gasteiger partial charge in [-0.05, 0) is 30.3 Å². The lowest BCUT2D eigenvalue weighted by Crippen LogP contribution is -1.99. The van der Waals surface area contributed by atoms with Crippen LogP contribution in [0.3, 0.4) is 0 Å². The lowest BCUT2D eigenvalue weighted by molar-refractivity contribution is 0.0697. The number of carboxylic acid groups (broad SMARTS) is 1. The first kappa shape index (κ1) is 12.9. The number of aromatic nitrogens is 3. The molecule has 0 saturated heterocycles. The van der Waals surface area contributed by atoms with Crippen LogP contribution in [-0.2, 0) is 0 Å². The van der Waals surface area contributed by atoms with Crippen LogP contribution in [0.1, 0.15) is 10.4 Å². The minimum atomic E-state index is -1.03. The highest BCUT2D eigenvalue weighted by Crippen LogP contribution is 2.26. The topological polar surface area (TPSA) is 97.5 Å². The molecule has 0 amide bonds. The van der Waals surface area contributed by atoms with Gasteiger partial charge in [0.25, 0.3) is 0 Å². The maximum Gasteiger partial charge on any atom is 0.335 e. The summed E-state index contributed by atoms with van der Waals surface area (Å²) in [6.45, 7) is 0. The third-order valence-corrected chi connectivity index (χ3v) is 3.03. The molecule has 7 nitrogen and oxygen atoms in total. The van der Waals surface area contributed by atoms with Crippen LogP contribution in [0.5, 0.6) is 11.5 Å². The molecule has 3 rings (SSSR count). The van der Waals surface area contributed by atoms with Crippen LogP contribution < -0.4 is 4.74 Å². The number of methoxy groups -OCH3 is 1. The van der Waals surface area contributed by atoms with Crippen molar-refractivity contribution in [3.05, 3.63) is 42.0 Å². The van der Waals surface area contributed by atoms with Gasteiger partial charge >= 0.3 is 5.97 Å². The Labute approximate surface area is 119 Å². The number of fused-ring (bicyclic) bond motifs is 1. The molecule has 2 aromatic carbocycles. The molecule has 2 N–H and O–H groups in total. The van der Waals surface area contributed by atoms with Crippen LogP contribution in [0.4, 0.5) is 0 Å². The van der Waals surface area contributed by atoms with E-state index in [0.717, 1.165) is 0 Å². The monoisotopic (exact) mass is 285 g/mol. The van der Waals surface area contributed by atoms with Gasteiger partial charge < -0.3 is 14.9 Å². The van der Waals surface area contributed by atoms with E-state index < -0.39 is 5.97 Å². The molecule has 0 spiro atoms. The number of rotatable bonds is 3. The van der Waals surface area contributed by atoms with E-state index in [9.17, 15) is 9.90 Å². The first-order valence-electron chi connectivity index (χ1n) is 6.06. The van der Waals surface area contributed by atoms with Gasteiger partial charge in [0, 0.05) is 6.07 Å². The zero-order valence-electron chi connectivity index (χ0n) is 11.0. The SMILES string of the molecule is COc1ccc(O)c(-n2nc3ccc(C(=O)O)cc3n2)c1. The molecular weight excluding hydrogens is 274 g/mol. The molecule has 0 aliphatic rings. The highest BCUT2D eigenvalue weighted by molar-refractivity contribution is 5.92. The number of phenolic OH excluding ortho intramolecular Hbond substituents is 1. The third-order valence-electron chi connectivity index (χ3n) is 3.03. The van der Waals surface area contributed by atoms with E-state index in [1.807, 2.05) is 0 Å². The van der Waals surface area contributed by atoms with E-state index in [4.69, 9.17) is 9.84 Å².